The van der Waals surface area contributed by atoms with Gasteiger partial charge in [-0.05, 0) is 37.5 Å². The van der Waals surface area contributed by atoms with Crippen LogP contribution in [0.25, 0.3) is 0 Å². The Kier molecular flexibility index (Phi) is 8.16. The molecule has 1 heterocycles. The van der Waals surface area contributed by atoms with E-state index in [4.69, 9.17) is 0 Å². The van der Waals surface area contributed by atoms with E-state index in [9.17, 15) is 8.42 Å². The molecule has 0 spiro atoms. The molecule has 1 aliphatic carbocycles. The first-order valence-corrected chi connectivity index (χ1v) is 11.8. The van der Waals surface area contributed by atoms with Gasteiger partial charge in [-0.2, -0.15) is 0 Å². The fraction of sp³-hybridized carbons (Fsp3) is 0.944. The van der Waals surface area contributed by atoms with E-state index in [1.165, 1.54) is 31.9 Å². The molecule has 2 aliphatic rings. The van der Waals surface area contributed by atoms with Crippen LogP contribution < -0.4 is 10.0 Å². The van der Waals surface area contributed by atoms with Crippen LogP contribution in [0.1, 0.15) is 39.5 Å². The van der Waals surface area contributed by atoms with Crippen molar-refractivity contribution in [2.24, 2.45) is 16.8 Å². The molecule has 0 aromatic rings. The van der Waals surface area contributed by atoms with Crippen LogP contribution >= 0.6 is 0 Å². The van der Waals surface area contributed by atoms with Gasteiger partial charge >= 0.3 is 0 Å². The average Bonchev–Trinajstić information content (AvgIpc) is 2.61. The number of rotatable bonds is 6. The van der Waals surface area contributed by atoms with Crippen LogP contribution in [0, 0.1) is 11.8 Å². The maximum absolute atomic E-state index is 11.1. The van der Waals surface area contributed by atoms with E-state index in [0.29, 0.717) is 13.1 Å². The Morgan fingerprint density at radius 2 is 1.69 bits per heavy atom. The standard InChI is InChI=1S/C18H37N5O2S/c1-15(2)16-5-7-17(8-6-16)22-11-13-23(14-12-22)18(19-3)20-9-10-21-26(4,24)25/h15-17,21H,5-14H2,1-4H3,(H,19,20). The number of sulfonamides is 1. The van der Waals surface area contributed by atoms with Gasteiger partial charge < -0.3 is 10.2 Å². The first-order chi connectivity index (χ1) is 12.3. The van der Waals surface area contributed by atoms with Crippen molar-refractivity contribution in [3.8, 4) is 0 Å². The quantitative estimate of drug-likeness (QED) is 0.403. The molecule has 26 heavy (non-hydrogen) atoms. The van der Waals surface area contributed by atoms with Crippen molar-refractivity contribution in [3.63, 3.8) is 0 Å². The van der Waals surface area contributed by atoms with E-state index in [0.717, 1.165) is 50.0 Å². The monoisotopic (exact) mass is 387 g/mol. The molecule has 0 atom stereocenters. The van der Waals surface area contributed by atoms with Gasteiger partial charge in [-0.1, -0.05) is 13.8 Å². The maximum atomic E-state index is 11.1. The summed E-state index contributed by atoms with van der Waals surface area (Å²) in [6.07, 6.45) is 6.61. The highest BCUT2D eigenvalue weighted by atomic mass is 32.2. The molecule has 0 radical (unpaired) electrons. The normalized spacial score (nSPS) is 26.3. The first-order valence-electron chi connectivity index (χ1n) is 9.94. The molecule has 0 bridgehead atoms. The summed E-state index contributed by atoms with van der Waals surface area (Å²) >= 11 is 0. The molecule has 8 heteroatoms. The number of aliphatic imine (C=N–C) groups is 1. The number of hydrogen-bond acceptors (Lipinski definition) is 4. The highest BCUT2D eigenvalue weighted by Gasteiger charge is 2.29. The summed E-state index contributed by atoms with van der Waals surface area (Å²) in [5.74, 6) is 2.60. The summed E-state index contributed by atoms with van der Waals surface area (Å²) in [6.45, 7) is 9.74. The lowest BCUT2D eigenvalue weighted by Gasteiger charge is -2.43. The van der Waals surface area contributed by atoms with Gasteiger partial charge in [0.15, 0.2) is 5.96 Å². The van der Waals surface area contributed by atoms with Crippen LogP contribution in [0.4, 0.5) is 0 Å². The van der Waals surface area contributed by atoms with Gasteiger partial charge in [-0.25, -0.2) is 13.1 Å². The number of nitrogens with zero attached hydrogens (tertiary/aromatic N) is 3. The summed E-state index contributed by atoms with van der Waals surface area (Å²) in [7, 11) is -1.35. The Hall–Kier alpha value is -0.860. The Labute approximate surface area is 159 Å². The van der Waals surface area contributed by atoms with Crippen LogP contribution in [0.3, 0.4) is 0 Å². The predicted octanol–water partition coefficient (Wildman–Crippen LogP) is 0.943. The average molecular weight is 388 g/mol. The van der Waals surface area contributed by atoms with Gasteiger partial charge in [0.25, 0.3) is 0 Å². The zero-order valence-corrected chi connectivity index (χ0v) is 17.7. The molecular weight excluding hydrogens is 350 g/mol. The molecule has 0 unspecified atom stereocenters. The van der Waals surface area contributed by atoms with Crippen molar-refractivity contribution in [1.29, 1.82) is 0 Å². The molecule has 152 valence electrons. The topological polar surface area (TPSA) is 77.0 Å². The van der Waals surface area contributed by atoms with Crippen LogP contribution in [-0.4, -0.2) is 82.8 Å². The van der Waals surface area contributed by atoms with E-state index >= 15 is 0 Å². The van der Waals surface area contributed by atoms with Crippen molar-refractivity contribution in [3.05, 3.63) is 0 Å². The molecule has 7 nitrogen and oxygen atoms in total. The molecule has 0 aromatic heterocycles. The third-order valence-corrected chi connectivity index (χ3v) is 6.53. The summed E-state index contributed by atoms with van der Waals surface area (Å²) in [4.78, 5) is 9.28. The van der Waals surface area contributed by atoms with Gasteiger partial charge in [0.05, 0.1) is 6.26 Å². The van der Waals surface area contributed by atoms with Crippen molar-refractivity contribution < 1.29 is 8.42 Å². The van der Waals surface area contributed by atoms with Crippen molar-refractivity contribution in [2.75, 3.05) is 52.6 Å². The van der Waals surface area contributed by atoms with Crippen molar-refractivity contribution in [1.82, 2.24) is 19.8 Å². The third kappa shape index (κ3) is 6.70. The fourth-order valence-corrected chi connectivity index (χ4v) is 4.65. The van der Waals surface area contributed by atoms with Crippen LogP contribution in [-0.2, 0) is 10.0 Å². The SMILES string of the molecule is CN=C(NCCNS(C)(=O)=O)N1CCN(C2CCC(C(C)C)CC2)CC1. The van der Waals surface area contributed by atoms with E-state index in [1.54, 1.807) is 7.05 Å². The predicted molar refractivity (Wildman–Crippen MR) is 108 cm³/mol. The van der Waals surface area contributed by atoms with Gasteiger partial charge in [0.1, 0.15) is 0 Å². The molecule has 0 aromatic carbocycles. The minimum Gasteiger partial charge on any atom is -0.355 e. The number of guanidine groups is 1. The molecule has 2 rings (SSSR count). The number of nitrogens with one attached hydrogen (secondary N) is 2. The van der Waals surface area contributed by atoms with Gasteiger partial charge in [-0.15, -0.1) is 0 Å². The summed E-state index contributed by atoms with van der Waals surface area (Å²) in [5, 5.41) is 3.25. The third-order valence-electron chi connectivity index (χ3n) is 5.80. The zero-order valence-electron chi connectivity index (χ0n) is 16.9. The second kappa shape index (κ2) is 9.90. The van der Waals surface area contributed by atoms with Crippen molar-refractivity contribution >= 4 is 16.0 Å². The number of piperazine rings is 1. The van der Waals surface area contributed by atoms with E-state index in [-0.39, 0.29) is 0 Å². The molecule has 1 saturated heterocycles. The van der Waals surface area contributed by atoms with Gasteiger partial charge in [0, 0.05) is 52.4 Å². The lowest BCUT2D eigenvalue weighted by Crippen LogP contribution is -2.55. The smallest absolute Gasteiger partial charge is 0.208 e. The summed E-state index contributed by atoms with van der Waals surface area (Å²) < 4.78 is 24.7. The minimum atomic E-state index is -3.13. The van der Waals surface area contributed by atoms with E-state index < -0.39 is 10.0 Å². The van der Waals surface area contributed by atoms with Crippen LogP contribution in [0.5, 0.6) is 0 Å². The Balaban J connectivity index is 1.71. The zero-order chi connectivity index (χ0) is 19.2. The Morgan fingerprint density at radius 3 is 2.19 bits per heavy atom. The Bertz CT molecular complexity index is 548. The molecular formula is C18H37N5O2S. The van der Waals surface area contributed by atoms with Gasteiger partial charge in [0.2, 0.25) is 10.0 Å². The molecule has 1 saturated carbocycles. The van der Waals surface area contributed by atoms with E-state index in [2.05, 4.69) is 38.7 Å². The first kappa shape index (κ1) is 21.4. The molecule has 2 N–H and O–H groups in total. The van der Waals surface area contributed by atoms with Crippen molar-refractivity contribution in [2.45, 2.75) is 45.6 Å². The van der Waals surface area contributed by atoms with Crippen LogP contribution in [0.15, 0.2) is 4.99 Å². The fourth-order valence-electron chi connectivity index (χ4n) is 4.18. The minimum absolute atomic E-state index is 0.372. The largest absolute Gasteiger partial charge is 0.355 e. The van der Waals surface area contributed by atoms with Crippen LogP contribution in [0.2, 0.25) is 0 Å². The lowest BCUT2D eigenvalue weighted by molar-refractivity contribution is 0.0864. The second-order valence-electron chi connectivity index (χ2n) is 7.98. The molecule has 0 amide bonds. The van der Waals surface area contributed by atoms with E-state index in [1.807, 2.05) is 0 Å². The molecule has 1 aliphatic heterocycles. The van der Waals surface area contributed by atoms with Gasteiger partial charge in [-0.3, -0.25) is 9.89 Å². The number of hydrogen-bond donors (Lipinski definition) is 2. The lowest BCUT2D eigenvalue weighted by atomic mass is 9.79. The summed E-state index contributed by atoms with van der Waals surface area (Å²) in [6, 6.07) is 0.751. The Morgan fingerprint density at radius 1 is 1.08 bits per heavy atom. The summed E-state index contributed by atoms with van der Waals surface area (Å²) in [5.41, 5.74) is 0. The molecule has 2 fully saturated rings. The second-order valence-corrected chi connectivity index (χ2v) is 9.81. The maximum Gasteiger partial charge on any atom is 0.208 e. The highest BCUT2D eigenvalue weighted by Crippen LogP contribution is 2.32. The highest BCUT2D eigenvalue weighted by molar-refractivity contribution is 7.88.